The lowest BCUT2D eigenvalue weighted by Crippen LogP contribution is -2.28. The third kappa shape index (κ3) is 4.83. The van der Waals surface area contributed by atoms with E-state index in [1.54, 1.807) is 18.0 Å². The lowest BCUT2D eigenvalue weighted by molar-refractivity contribution is 0.846. The highest BCUT2D eigenvalue weighted by Gasteiger charge is 2.00. The van der Waals surface area contributed by atoms with Gasteiger partial charge in [0.2, 0.25) is 0 Å². The molecule has 0 aliphatic carbocycles. The second-order valence-corrected chi connectivity index (χ2v) is 5.68. The monoisotopic (exact) mass is 303 g/mol. The summed E-state index contributed by atoms with van der Waals surface area (Å²) in [6, 6.07) is 14.2. The summed E-state index contributed by atoms with van der Waals surface area (Å²) in [5, 5.41) is 7.84. The Labute approximate surface area is 129 Å². The molecule has 0 fully saturated rings. The first-order valence-electron chi connectivity index (χ1n) is 6.51. The smallest absolute Gasteiger partial charge is 0.170 e. The maximum absolute atomic E-state index is 5.18. The minimum atomic E-state index is 0.636. The molecule has 1 heterocycles. The first-order valence-corrected chi connectivity index (χ1v) is 7.74. The predicted molar refractivity (Wildman–Crippen MR) is 89.3 cm³/mol. The van der Waals surface area contributed by atoms with Crippen LogP contribution in [0.3, 0.4) is 0 Å². The predicted octanol–water partition coefficient (Wildman–Crippen LogP) is 3.93. The number of rotatable bonds is 5. The summed E-state index contributed by atoms with van der Waals surface area (Å²) in [4.78, 5) is 5.60. The Morgan fingerprint density at radius 1 is 1.20 bits per heavy atom. The van der Waals surface area contributed by atoms with Gasteiger partial charge in [-0.3, -0.25) is 0 Å². The molecule has 2 aromatic rings. The standard InChI is InChI=1S/C15H17N3S2/c1-2-10-16-15(19)18-12-8-9-14(17-11-12)20-13-6-4-3-5-7-13/h3-9,11H,2,10H2,1H3,(H2,16,18,19). The van der Waals surface area contributed by atoms with Gasteiger partial charge in [-0.2, -0.15) is 0 Å². The second kappa shape index (κ2) is 7.87. The van der Waals surface area contributed by atoms with Crippen LogP contribution in [-0.4, -0.2) is 16.6 Å². The fourth-order valence-electron chi connectivity index (χ4n) is 1.54. The molecule has 0 aliphatic rings. The molecule has 0 unspecified atom stereocenters. The summed E-state index contributed by atoms with van der Waals surface area (Å²) in [5.41, 5.74) is 0.899. The lowest BCUT2D eigenvalue weighted by atomic mass is 10.4. The Hall–Kier alpha value is -1.59. The topological polar surface area (TPSA) is 37.0 Å². The van der Waals surface area contributed by atoms with Crippen molar-refractivity contribution in [3.8, 4) is 0 Å². The van der Waals surface area contributed by atoms with Crippen molar-refractivity contribution in [1.29, 1.82) is 0 Å². The van der Waals surface area contributed by atoms with E-state index in [1.165, 1.54) is 4.90 Å². The minimum absolute atomic E-state index is 0.636. The number of nitrogens with zero attached hydrogens (tertiary/aromatic N) is 1. The van der Waals surface area contributed by atoms with Gasteiger partial charge in [0.25, 0.3) is 0 Å². The Bertz CT molecular complexity index is 541. The average Bonchev–Trinajstić information content (AvgIpc) is 2.48. The Morgan fingerprint density at radius 3 is 2.65 bits per heavy atom. The zero-order valence-corrected chi connectivity index (χ0v) is 12.9. The normalized spacial score (nSPS) is 10.1. The molecule has 0 saturated carbocycles. The molecular weight excluding hydrogens is 286 g/mol. The van der Waals surface area contributed by atoms with Gasteiger partial charge in [0.1, 0.15) is 5.03 Å². The van der Waals surface area contributed by atoms with Gasteiger partial charge in [0.15, 0.2) is 5.11 Å². The number of nitrogens with one attached hydrogen (secondary N) is 2. The van der Waals surface area contributed by atoms with Gasteiger partial charge in [-0.05, 0) is 42.9 Å². The summed E-state index contributed by atoms with van der Waals surface area (Å²) in [5.74, 6) is 0. The lowest BCUT2D eigenvalue weighted by Gasteiger charge is -2.09. The number of anilines is 1. The van der Waals surface area contributed by atoms with Crippen LogP contribution in [0.15, 0.2) is 58.6 Å². The van der Waals surface area contributed by atoms with Crippen LogP contribution in [0.5, 0.6) is 0 Å². The zero-order chi connectivity index (χ0) is 14.2. The summed E-state index contributed by atoms with van der Waals surface area (Å²) in [7, 11) is 0. The SMILES string of the molecule is CCCNC(=S)Nc1ccc(Sc2ccccc2)nc1. The van der Waals surface area contributed by atoms with Gasteiger partial charge in [-0.15, -0.1) is 0 Å². The molecular formula is C15H17N3S2. The molecule has 0 aliphatic heterocycles. The highest BCUT2D eigenvalue weighted by molar-refractivity contribution is 7.99. The van der Waals surface area contributed by atoms with E-state index in [4.69, 9.17) is 12.2 Å². The van der Waals surface area contributed by atoms with Gasteiger partial charge in [-0.1, -0.05) is 36.9 Å². The maximum atomic E-state index is 5.18. The number of benzene rings is 1. The molecule has 0 bridgehead atoms. The van der Waals surface area contributed by atoms with Crippen LogP contribution in [-0.2, 0) is 0 Å². The van der Waals surface area contributed by atoms with Crippen LogP contribution < -0.4 is 10.6 Å². The Kier molecular flexibility index (Phi) is 5.83. The van der Waals surface area contributed by atoms with E-state index in [0.717, 1.165) is 23.7 Å². The molecule has 0 amide bonds. The maximum Gasteiger partial charge on any atom is 0.170 e. The van der Waals surface area contributed by atoms with E-state index in [9.17, 15) is 0 Å². The van der Waals surface area contributed by atoms with E-state index in [0.29, 0.717) is 5.11 Å². The molecule has 0 radical (unpaired) electrons. The molecule has 1 aromatic heterocycles. The van der Waals surface area contributed by atoms with Gasteiger partial charge in [-0.25, -0.2) is 4.98 Å². The summed E-state index contributed by atoms with van der Waals surface area (Å²) in [6.07, 6.45) is 2.85. The molecule has 2 rings (SSSR count). The highest BCUT2D eigenvalue weighted by Crippen LogP contribution is 2.25. The van der Waals surface area contributed by atoms with Crippen molar-refractivity contribution in [3.63, 3.8) is 0 Å². The van der Waals surface area contributed by atoms with E-state index < -0.39 is 0 Å². The third-order valence-electron chi connectivity index (χ3n) is 2.50. The van der Waals surface area contributed by atoms with Crippen LogP contribution in [0.2, 0.25) is 0 Å². The van der Waals surface area contributed by atoms with E-state index in [1.807, 2.05) is 30.3 Å². The Balaban J connectivity index is 1.91. The van der Waals surface area contributed by atoms with E-state index >= 15 is 0 Å². The van der Waals surface area contributed by atoms with Crippen LogP contribution in [0.4, 0.5) is 5.69 Å². The fourth-order valence-corrected chi connectivity index (χ4v) is 2.53. The number of thiocarbonyl (C=S) groups is 1. The van der Waals surface area contributed by atoms with Gasteiger partial charge in [0.05, 0.1) is 11.9 Å². The summed E-state index contributed by atoms with van der Waals surface area (Å²) in [6.45, 7) is 2.98. The van der Waals surface area contributed by atoms with Crippen LogP contribution in [0.25, 0.3) is 0 Å². The average molecular weight is 303 g/mol. The van der Waals surface area contributed by atoms with Gasteiger partial charge >= 0.3 is 0 Å². The molecule has 3 nitrogen and oxygen atoms in total. The molecule has 0 atom stereocenters. The molecule has 5 heteroatoms. The van der Waals surface area contributed by atoms with E-state index in [-0.39, 0.29) is 0 Å². The third-order valence-corrected chi connectivity index (χ3v) is 3.70. The zero-order valence-electron chi connectivity index (χ0n) is 11.3. The molecule has 2 N–H and O–H groups in total. The summed E-state index contributed by atoms with van der Waals surface area (Å²) < 4.78 is 0. The van der Waals surface area contributed by atoms with Crippen molar-refractivity contribution < 1.29 is 0 Å². The molecule has 0 spiro atoms. The molecule has 20 heavy (non-hydrogen) atoms. The minimum Gasteiger partial charge on any atom is -0.362 e. The largest absolute Gasteiger partial charge is 0.362 e. The number of aromatic nitrogens is 1. The second-order valence-electron chi connectivity index (χ2n) is 4.18. The molecule has 104 valence electrons. The number of hydrogen-bond acceptors (Lipinski definition) is 3. The summed E-state index contributed by atoms with van der Waals surface area (Å²) >= 11 is 6.83. The van der Waals surface area contributed by atoms with E-state index in [2.05, 4.69) is 34.7 Å². The van der Waals surface area contributed by atoms with Crippen molar-refractivity contribution in [1.82, 2.24) is 10.3 Å². The van der Waals surface area contributed by atoms with Gasteiger partial charge in [0, 0.05) is 11.4 Å². The first-order chi connectivity index (χ1) is 9.78. The Morgan fingerprint density at radius 2 is 2.00 bits per heavy atom. The van der Waals surface area contributed by atoms with Crippen LogP contribution in [0.1, 0.15) is 13.3 Å². The van der Waals surface area contributed by atoms with Crippen molar-refractivity contribution in [2.45, 2.75) is 23.3 Å². The fraction of sp³-hybridized carbons (Fsp3) is 0.200. The highest BCUT2D eigenvalue weighted by atomic mass is 32.2. The number of pyridine rings is 1. The van der Waals surface area contributed by atoms with Crippen molar-refractivity contribution in [3.05, 3.63) is 48.7 Å². The van der Waals surface area contributed by atoms with Crippen molar-refractivity contribution in [2.24, 2.45) is 0 Å². The number of hydrogen-bond donors (Lipinski definition) is 2. The molecule has 0 saturated heterocycles. The molecule has 1 aromatic carbocycles. The van der Waals surface area contributed by atoms with Crippen LogP contribution >= 0.6 is 24.0 Å². The first kappa shape index (κ1) is 14.8. The quantitative estimate of drug-likeness (QED) is 0.819. The van der Waals surface area contributed by atoms with Gasteiger partial charge < -0.3 is 10.6 Å². The van der Waals surface area contributed by atoms with Crippen molar-refractivity contribution in [2.75, 3.05) is 11.9 Å². The van der Waals surface area contributed by atoms with Crippen LogP contribution in [0, 0.1) is 0 Å². The van der Waals surface area contributed by atoms with Crippen molar-refractivity contribution >= 4 is 34.8 Å².